The molecule has 17 heavy (non-hydrogen) atoms. The van der Waals surface area contributed by atoms with Crippen molar-refractivity contribution in [3.05, 3.63) is 0 Å². The van der Waals surface area contributed by atoms with Crippen LogP contribution in [0.5, 0.6) is 0 Å². The molecule has 0 atom stereocenters. The van der Waals surface area contributed by atoms with Gasteiger partial charge in [0.25, 0.3) is 0 Å². The molecule has 0 unspecified atom stereocenters. The summed E-state index contributed by atoms with van der Waals surface area (Å²) in [5.74, 6) is 0.583. The third-order valence-electron chi connectivity index (χ3n) is 3.01. The third kappa shape index (κ3) is 3.80. The molecule has 4 nitrogen and oxygen atoms in total. The monoisotopic (exact) mass is 240 g/mol. The lowest BCUT2D eigenvalue weighted by molar-refractivity contribution is -0.140. The topological polar surface area (TPSA) is 49.4 Å². The van der Waals surface area contributed by atoms with Gasteiger partial charge in [0.15, 0.2) is 0 Å². The van der Waals surface area contributed by atoms with Gasteiger partial charge in [-0.2, -0.15) is 0 Å². The van der Waals surface area contributed by atoms with E-state index in [0.717, 1.165) is 19.5 Å². The second-order valence-corrected chi connectivity index (χ2v) is 5.86. The predicted octanol–water partition coefficient (Wildman–Crippen LogP) is 1.41. The van der Waals surface area contributed by atoms with E-state index in [4.69, 9.17) is 0 Å². The maximum atomic E-state index is 11.9. The quantitative estimate of drug-likeness (QED) is 0.564. The van der Waals surface area contributed by atoms with Crippen molar-refractivity contribution in [1.82, 2.24) is 10.2 Å². The summed E-state index contributed by atoms with van der Waals surface area (Å²) in [6.07, 6.45) is 1.19. The molecule has 0 aromatic heterocycles. The van der Waals surface area contributed by atoms with Gasteiger partial charge in [-0.25, -0.2) is 0 Å². The molecule has 1 aliphatic heterocycles. The number of nitrogens with one attached hydrogen (secondary N) is 1. The summed E-state index contributed by atoms with van der Waals surface area (Å²) in [6, 6.07) is 0. The third-order valence-corrected chi connectivity index (χ3v) is 3.01. The van der Waals surface area contributed by atoms with Crippen molar-refractivity contribution in [3.8, 4) is 0 Å². The first kappa shape index (κ1) is 14.2. The predicted molar refractivity (Wildman–Crippen MR) is 67.4 cm³/mol. The number of likely N-dealkylation sites (tertiary alicyclic amines) is 1. The van der Waals surface area contributed by atoms with Crippen molar-refractivity contribution in [2.45, 2.75) is 40.5 Å². The Kier molecular flexibility index (Phi) is 4.69. The highest BCUT2D eigenvalue weighted by molar-refractivity contribution is 6.05. The van der Waals surface area contributed by atoms with Crippen LogP contribution in [-0.4, -0.2) is 36.3 Å². The van der Waals surface area contributed by atoms with Gasteiger partial charge in [-0.3, -0.25) is 14.5 Å². The Labute approximate surface area is 104 Å². The second-order valence-electron chi connectivity index (χ2n) is 5.86. The summed E-state index contributed by atoms with van der Waals surface area (Å²) < 4.78 is 0. The minimum Gasteiger partial charge on any atom is -0.316 e. The molecule has 1 rings (SSSR count). The lowest BCUT2D eigenvalue weighted by atomic mass is 9.92. The molecule has 0 spiro atoms. The smallest absolute Gasteiger partial charge is 0.235 e. The highest BCUT2D eigenvalue weighted by Gasteiger charge is 2.44. The van der Waals surface area contributed by atoms with Gasteiger partial charge in [0.2, 0.25) is 11.8 Å². The zero-order valence-electron chi connectivity index (χ0n) is 11.4. The van der Waals surface area contributed by atoms with Gasteiger partial charge in [0.1, 0.15) is 0 Å². The summed E-state index contributed by atoms with van der Waals surface area (Å²) in [5, 5.41) is 3.31. The first-order valence-electron chi connectivity index (χ1n) is 6.40. The van der Waals surface area contributed by atoms with E-state index in [1.54, 1.807) is 0 Å². The molecule has 1 fully saturated rings. The van der Waals surface area contributed by atoms with Gasteiger partial charge in [0, 0.05) is 13.0 Å². The van der Waals surface area contributed by atoms with Crippen molar-refractivity contribution in [2.75, 3.05) is 19.6 Å². The zero-order valence-corrected chi connectivity index (χ0v) is 11.4. The summed E-state index contributed by atoms with van der Waals surface area (Å²) >= 11 is 0. The van der Waals surface area contributed by atoms with E-state index in [9.17, 15) is 9.59 Å². The molecule has 1 heterocycles. The van der Waals surface area contributed by atoms with Crippen molar-refractivity contribution >= 4 is 11.8 Å². The fourth-order valence-electron chi connectivity index (χ4n) is 2.01. The van der Waals surface area contributed by atoms with Gasteiger partial charge in [-0.1, -0.05) is 27.7 Å². The largest absolute Gasteiger partial charge is 0.316 e. The Hall–Kier alpha value is -0.900. The summed E-state index contributed by atoms with van der Waals surface area (Å²) in [5.41, 5.74) is -0.498. The van der Waals surface area contributed by atoms with E-state index in [1.165, 1.54) is 4.90 Å². The lowest BCUT2D eigenvalue weighted by Crippen LogP contribution is -2.35. The molecule has 1 N–H and O–H groups in total. The number of rotatable bonds is 6. The van der Waals surface area contributed by atoms with Gasteiger partial charge in [-0.05, 0) is 25.4 Å². The fourth-order valence-corrected chi connectivity index (χ4v) is 2.01. The van der Waals surface area contributed by atoms with E-state index in [-0.39, 0.29) is 11.8 Å². The van der Waals surface area contributed by atoms with Crippen LogP contribution >= 0.6 is 0 Å². The van der Waals surface area contributed by atoms with Crippen LogP contribution in [-0.2, 0) is 9.59 Å². The van der Waals surface area contributed by atoms with Crippen LogP contribution in [0.15, 0.2) is 0 Å². The summed E-state index contributed by atoms with van der Waals surface area (Å²) in [4.78, 5) is 25.0. The second kappa shape index (κ2) is 5.63. The first-order valence-corrected chi connectivity index (χ1v) is 6.40. The van der Waals surface area contributed by atoms with Crippen LogP contribution in [0, 0.1) is 11.3 Å². The van der Waals surface area contributed by atoms with Gasteiger partial charge >= 0.3 is 0 Å². The van der Waals surface area contributed by atoms with E-state index >= 15 is 0 Å². The van der Waals surface area contributed by atoms with Crippen LogP contribution in [0.4, 0.5) is 0 Å². The zero-order chi connectivity index (χ0) is 13.1. The van der Waals surface area contributed by atoms with Gasteiger partial charge < -0.3 is 5.32 Å². The number of hydrogen-bond donors (Lipinski definition) is 1. The Morgan fingerprint density at radius 2 is 2.00 bits per heavy atom. The van der Waals surface area contributed by atoms with E-state index in [1.807, 2.05) is 13.8 Å². The molecule has 0 aliphatic carbocycles. The normalized spacial score (nSPS) is 19.5. The summed E-state index contributed by atoms with van der Waals surface area (Å²) in [7, 11) is 0. The van der Waals surface area contributed by atoms with Crippen LogP contribution in [0.3, 0.4) is 0 Å². The molecule has 2 amide bonds. The van der Waals surface area contributed by atoms with Gasteiger partial charge in [0.05, 0.1) is 5.41 Å². The fraction of sp³-hybridized carbons (Fsp3) is 0.846. The van der Waals surface area contributed by atoms with Gasteiger partial charge in [-0.15, -0.1) is 0 Å². The highest BCUT2D eigenvalue weighted by atomic mass is 16.2. The Morgan fingerprint density at radius 3 is 2.47 bits per heavy atom. The van der Waals surface area contributed by atoms with Crippen LogP contribution < -0.4 is 5.32 Å². The minimum atomic E-state index is -0.498. The average Bonchev–Trinajstić information content (AvgIpc) is 2.38. The van der Waals surface area contributed by atoms with Crippen molar-refractivity contribution in [1.29, 1.82) is 0 Å². The van der Waals surface area contributed by atoms with Crippen molar-refractivity contribution in [2.24, 2.45) is 11.3 Å². The van der Waals surface area contributed by atoms with Crippen molar-refractivity contribution in [3.63, 3.8) is 0 Å². The van der Waals surface area contributed by atoms with Crippen LogP contribution in [0.25, 0.3) is 0 Å². The molecule has 98 valence electrons. The summed E-state index contributed by atoms with van der Waals surface area (Å²) in [6.45, 7) is 10.4. The lowest BCUT2D eigenvalue weighted by Gasteiger charge is -2.17. The van der Waals surface area contributed by atoms with E-state index in [2.05, 4.69) is 19.2 Å². The molecule has 0 aromatic carbocycles. The Balaban J connectivity index is 2.28. The molecule has 0 aromatic rings. The number of amides is 2. The molecule has 1 aliphatic rings. The molecular weight excluding hydrogens is 216 g/mol. The SMILES string of the molecule is CC(C)CNCCCN1C(=O)CC(C)(C)C1=O. The maximum absolute atomic E-state index is 11.9. The number of nitrogens with zero attached hydrogens (tertiary/aromatic N) is 1. The van der Waals surface area contributed by atoms with Crippen LogP contribution in [0.1, 0.15) is 40.5 Å². The number of imide groups is 1. The molecular formula is C13H24N2O2. The molecule has 1 saturated heterocycles. The number of hydrogen-bond acceptors (Lipinski definition) is 3. The van der Waals surface area contributed by atoms with Crippen LogP contribution in [0.2, 0.25) is 0 Å². The maximum Gasteiger partial charge on any atom is 0.235 e. The molecule has 4 heteroatoms. The minimum absolute atomic E-state index is 0.0219. The highest BCUT2D eigenvalue weighted by Crippen LogP contribution is 2.31. The van der Waals surface area contributed by atoms with Crippen molar-refractivity contribution < 1.29 is 9.59 Å². The Morgan fingerprint density at radius 1 is 1.35 bits per heavy atom. The molecule has 0 bridgehead atoms. The standard InChI is InChI=1S/C13H24N2O2/c1-10(2)9-14-6-5-7-15-11(16)8-13(3,4)12(15)17/h10,14H,5-9H2,1-4H3. The number of carbonyl (C=O) groups excluding carboxylic acids is 2. The molecule has 0 radical (unpaired) electrons. The Bertz CT molecular complexity index is 298. The average molecular weight is 240 g/mol. The first-order chi connectivity index (χ1) is 7.84. The molecule has 0 saturated carbocycles. The van der Waals surface area contributed by atoms with E-state index in [0.29, 0.717) is 18.9 Å². The van der Waals surface area contributed by atoms with E-state index < -0.39 is 5.41 Å². The number of carbonyl (C=O) groups is 2.